The maximum atomic E-state index is 13.5. The fourth-order valence-corrected chi connectivity index (χ4v) is 4.95. The molecular formula is C31H38N5O3+. The monoisotopic (exact) mass is 528 g/mol. The molecule has 3 aromatic rings. The number of nitrogens with one attached hydrogen (secondary N) is 4. The van der Waals surface area contributed by atoms with Crippen LogP contribution in [0.1, 0.15) is 45.2 Å². The van der Waals surface area contributed by atoms with Crippen molar-refractivity contribution in [2.75, 3.05) is 44.6 Å². The Morgan fingerprint density at radius 2 is 1.62 bits per heavy atom. The minimum absolute atomic E-state index is 0.0422. The number of amides is 4. The Balaban J connectivity index is 1.64. The lowest BCUT2D eigenvalue weighted by atomic mass is 10.1. The first-order valence-corrected chi connectivity index (χ1v) is 13.6. The van der Waals surface area contributed by atoms with E-state index in [1.165, 1.54) is 5.56 Å². The van der Waals surface area contributed by atoms with Crippen molar-refractivity contribution in [3.05, 3.63) is 95.1 Å². The number of benzene rings is 3. The van der Waals surface area contributed by atoms with Crippen LogP contribution in [0.4, 0.5) is 16.2 Å². The van der Waals surface area contributed by atoms with Crippen LogP contribution >= 0.6 is 0 Å². The molecule has 1 saturated heterocycles. The molecule has 204 valence electrons. The summed E-state index contributed by atoms with van der Waals surface area (Å²) in [6.07, 6.45) is 1.51. The zero-order valence-corrected chi connectivity index (χ0v) is 22.8. The predicted octanol–water partition coefficient (Wildman–Crippen LogP) is 4.25. The van der Waals surface area contributed by atoms with Gasteiger partial charge in [0, 0.05) is 49.8 Å². The molecule has 8 nitrogen and oxygen atoms in total. The van der Waals surface area contributed by atoms with Gasteiger partial charge in [0.1, 0.15) is 12.2 Å². The standard InChI is InChI=1S/C31H37N5O3/c1-3-33-31(39)36(20-7-17-32-19-21-36)28-15-14-26(22-27(28)35-30(38)25-8-5-4-6-9-25)29(37)34-18-16-24-12-10-23(2)11-13-24/h4-6,8-15,22,32H,3,7,16-21H2,1-2H3,(H2-,33,34,35,37,38,39)/p+1. The molecule has 0 radical (unpaired) electrons. The van der Waals surface area contributed by atoms with E-state index >= 15 is 0 Å². The van der Waals surface area contributed by atoms with Gasteiger partial charge in [-0.2, -0.15) is 0 Å². The van der Waals surface area contributed by atoms with Crippen LogP contribution in [0.2, 0.25) is 0 Å². The van der Waals surface area contributed by atoms with Crippen LogP contribution in [0.15, 0.2) is 72.8 Å². The Kier molecular flexibility index (Phi) is 9.46. The number of carbonyl (C=O) groups excluding carboxylic acids is 3. The summed E-state index contributed by atoms with van der Waals surface area (Å²) in [4.78, 5) is 39.9. The van der Waals surface area contributed by atoms with Gasteiger partial charge in [0.05, 0.1) is 6.54 Å². The number of anilines is 1. The van der Waals surface area contributed by atoms with Crippen molar-refractivity contribution >= 4 is 29.2 Å². The molecule has 0 bridgehead atoms. The summed E-state index contributed by atoms with van der Waals surface area (Å²) in [6, 6.07) is 22.3. The molecule has 1 aliphatic rings. The lowest BCUT2D eigenvalue weighted by Gasteiger charge is -2.35. The van der Waals surface area contributed by atoms with E-state index in [-0.39, 0.29) is 22.3 Å². The Bertz CT molecular complexity index is 1280. The second-order valence-corrected chi connectivity index (χ2v) is 9.90. The van der Waals surface area contributed by atoms with Crippen molar-refractivity contribution in [1.82, 2.24) is 20.4 Å². The number of rotatable bonds is 8. The summed E-state index contributed by atoms with van der Waals surface area (Å²) < 4.78 is 0.0422. The minimum atomic E-state index is -0.296. The molecule has 3 aromatic carbocycles. The number of urea groups is 1. The van der Waals surface area contributed by atoms with Gasteiger partial charge in [-0.3, -0.25) is 9.59 Å². The van der Waals surface area contributed by atoms with Crippen LogP contribution in [-0.2, 0) is 6.42 Å². The molecule has 0 spiro atoms. The highest BCUT2D eigenvalue weighted by atomic mass is 16.2. The summed E-state index contributed by atoms with van der Waals surface area (Å²) in [7, 11) is 0. The summed E-state index contributed by atoms with van der Waals surface area (Å²) in [5.41, 5.74) is 4.40. The first kappa shape index (κ1) is 28.0. The van der Waals surface area contributed by atoms with E-state index in [1.54, 1.807) is 36.4 Å². The number of quaternary nitrogens is 1. The zero-order chi connectivity index (χ0) is 27.7. The van der Waals surface area contributed by atoms with Crippen molar-refractivity contribution in [1.29, 1.82) is 0 Å². The maximum Gasteiger partial charge on any atom is 0.421 e. The Morgan fingerprint density at radius 1 is 0.846 bits per heavy atom. The Morgan fingerprint density at radius 3 is 2.36 bits per heavy atom. The number of hydrogen-bond acceptors (Lipinski definition) is 4. The number of nitrogens with zero attached hydrogens (tertiary/aromatic N) is 1. The molecule has 1 unspecified atom stereocenters. The highest BCUT2D eigenvalue weighted by Gasteiger charge is 2.42. The van der Waals surface area contributed by atoms with Gasteiger partial charge in [0.25, 0.3) is 11.8 Å². The van der Waals surface area contributed by atoms with Gasteiger partial charge < -0.3 is 21.3 Å². The van der Waals surface area contributed by atoms with Gasteiger partial charge >= 0.3 is 6.03 Å². The van der Waals surface area contributed by atoms with Gasteiger partial charge in [-0.1, -0.05) is 48.0 Å². The molecule has 1 fully saturated rings. The van der Waals surface area contributed by atoms with Gasteiger partial charge in [0.15, 0.2) is 5.69 Å². The van der Waals surface area contributed by atoms with E-state index in [0.717, 1.165) is 18.5 Å². The smallest absolute Gasteiger partial charge is 0.352 e. The topological polar surface area (TPSA) is 99.3 Å². The molecule has 8 heteroatoms. The molecular weight excluding hydrogens is 490 g/mol. The van der Waals surface area contributed by atoms with Gasteiger partial charge in [-0.05, 0) is 50.1 Å². The average molecular weight is 529 g/mol. The largest absolute Gasteiger partial charge is 0.421 e. The van der Waals surface area contributed by atoms with Crippen LogP contribution in [0, 0.1) is 6.92 Å². The van der Waals surface area contributed by atoms with E-state index in [9.17, 15) is 14.4 Å². The quantitative estimate of drug-likeness (QED) is 0.329. The molecule has 0 aliphatic carbocycles. The van der Waals surface area contributed by atoms with Crippen LogP contribution in [0.5, 0.6) is 0 Å². The number of hydrogen-bond donors (Lipinski definition) is 4. The van der Waals surface area contributed by atoms with Crippen molar-refractivity contribution in [2.24, 2.45) is 0 Å². The van der Waals surface area contributed by atoms with Crippen LogP contribution in [0.3, 0.4) is 0 Å². The molecule has 1 atom stereocenters. The van der Waals surface area contributed by atoms with Crippen LogP contribution < -0.4 is 25.8 Å². The average Bonchev–Trinajstić information content (AvgIpc) is 3.22. The van der Waals surface area contributed by atoms with Crippen LogP contribution in [0.25, 0.3) is 0 Å². The Labute approximate surface area is 230 Å². The van der Waals surface area contributed by atoms with Crippen molar-refractivity contribution in [2.45, 2.75) is 26.7 Å². The molecule has 4 amide bonds. The lowest BCUT2D eigenvalue weighted by Crippen LogP contribution is -2.60. The highest BCUT2D eigenvalue weighted by molar-refractivity contribution is 6.08. The second-order valence-electron chi connectivity index (χ2n) is 9.90. The maximum absolute atomic E-state index is 13.5. The van der Waals surface area contributed by atoms with E-state index in [2.05, 4.69) is 45.5 Å². The van der Waals surface area contributed by atoms with Crippen molar-refractivity contribution in [3.63, 3.8) is 0 Å². The third-order valence-electron chi connectivity index (χ3n) is 7.10. The fraction of sp³-hybridized carbons (Fsp3) is 0.323. The van der Waals surface area contributed by atoms with Crippen LogP contribution in [-0.4, -0.2) is 57.1 Å². The van der Waals surface area contributed by atoms with E-state index in [4.69, 9.17) is 0 Å². The fourth-order valence-electron chi connectivity index (χ4n) is 4.95. The summed E-state index contributed by atoms with van der Waals surface area (Å²) in [6.45, 7) is 7.50. The van der Waals surface area contributed by atoms with E-state index < -0.39 is 0 Å². The summed E-state index contributed by atoms with van der Waals surface area (Å²) >= 11 is 0. The number of carbonyl (C=O) groups is 3. The Hall–Kier alpha value is -4.01. The molecule has 4 N–H and O–H groups in total. The molecule has 1 aliphatic heterocycles. The highest BCUT2D eigenvalue weighted by Crippen LogP contribution is 2.34. The lowest BCUT2D eigenvalue weighted by molar-refractivity contribution is 0.0952. The van der Waals surface area contributed by atoms with Gasteiger partial charge in [-0.25, -0.2) is 9.28 Å². The number of aryl methyl sites for hydroxylation is 1. The normalized spacial score (nSPS) is 17.1. The molecule has 1 heterocycles. The first-order chi connectivity index (χ1) is 18.9. The predicted molar refractivity (Wildman–Crippen MR) is 156 cm³/mol. The van der Waals surface area contributed by atoms with E-state index in [1.807, 2.05) is 26.0 Å². The molecule has 4 rings (SSSR count). The third kappa shape index (κ3) is 6.90. The molecule has 39 heavy (non-hydrogen) atoms. The molecule has 0 aromatic heterocycles. The first-order valence-electron chi connectivity index (χ1n) is 13.6. The van der Waals surface area contributed by atoms with Gasteiger partial charge in [-0.15, -0.1) is 0 Å². The zero-order valence-electron chi connectivity index (χ0n) is 22.8. The van der Waals surface area contributed by atoms with Crippen molar-refractivity contribution in [3.8, 4) is 0 Å². The second kappa shape index (κ2) is 13.2. The minimum Gasteiger partial charge on any atom is -0.352 e. The summed E-state index contributed by atoms with van der Waals surface area (Å²) in [5, 5.41) is 12.4. The van der Waals surface area contributed by atoms with Crippen molar-refractivity contribution < 1.29 is 14.4 Å². The summed E-state index contributed by atoms with van der Waals surface area (Å²) in [5.74, 6) is -0.526. The van der Waals surface area contributed by atoms with E-state index in [0.29, 0.717) is 61.6 Å². The SMILES string of the molecule is CCNC(=O)[N+]1(c2ccc(C(=O)NCCc3ccc(C)cc3)cc2NC(=O)c2ccccc2)CCCNCC1. The third-order valence-corrected chi connectivity index (χ3v) is 7.10. The van der Waals surface area contributed by atoms with Gasteiger partial charge in [0.2, 0.25) is 0 Å². The molecule has 0 saturated carbocycles.